The van der Waals surface area contributed by atoms with Crippen LogP contribution in [0.25, 0.3) is 0 Å². The molecular formula is C18H28O3. The van der Waals surface area contributed by atoms with Crippen LogP contribution in [0.2, 0.25) is 0 Å². The second-order valence-electron chi connectivity index (χ2n) is 7.64. The van der Waals surface area contributed by atoms with E-state index in [2.05, 4.69) is 0 Å². The Morgan fingerprint density at radius 3 is 2.05 bits per heavy atom. The maximum Gasteiger partial charge on any atom is 0.312 e. The van der Waals surface area contributed by atoms with Crippen LogP contribution in [0.4, 0.5) is 0 Å². The molecule has 3 heteroatoms. The number of carbonyl (C=O) groups excluding carboxylic acids is 1. The molecule has 0 aromatic heterocycles. The molecule has 0 unspecified atom stereocenters. The molecule has 1 aromatic rings. The van der Waals surface area contributed by atoms with E-state index in [1.807, 2.05) is 71.9 Å². The van der Waals surface area contributed by atoms with Gasteiger partial charge in [-0.2, -0.15) is 0 Å². The number of esters is 1. The van der Waals surface area contributed by atoms with Crippen molar-refractivity contribution < 1.29 is 14.6 Å². The van der Waals surface area contributed by atoms with Crippen LogP contribution in [0.1, 0.15) is 47.1 Å². The zero-order valence-electron chi connectivity index (χ0n) is 14.0. The number of carbonyl (C=O) groups is 1. The van der Waals surface area contributed by atoms with E-state index in [9.17, 15) is 9.90 Å². The Morgan fingerprint density at radius 2 is 1.62 bits per heavy atom. The van der Waals surface area contributed by atoms with Gasteiger partial charge >= 0.3 is 5.97 Å². The molecule has 1 rings (SSSR count). The summed E-state index contributed by atoms with van der Waals surface area (Å²) in [5.41, 5.74) is 0.0941. The molecule has 1 N–H and O–H groups in total. The summed E-state index contributed by atoms with van der Waals surface area (Å²) in [6.45, 7) is 11.3. The molecule has 0 spiro atoms. The first kappa shape index (κ1) is 17.7. The Balaban J connectivity index is 2.97. The van der Waals surface area contributed by atoms with Crippen molar-refractivity contribution in [1.29, 1.82) is 0 Å². The topological polar surface area (TPSA) is 46.5 Å². The van der Waals surface area contributed by atoms with E-state index in [4.69, 9.17) is 4.74 Å². The summed E-state index contributed by atoms with van der Waals surface area (Å²) in [5, 5.41) is 10.6. The maximum atomic E-state index is 12.5. The number of aliphatic hydroxyl groups excluding tert-OH is 1. The third-order valence-corrected chi connectivity index (χ3v) is 3.28. The summed E-state index contributed by atoms with van der Waals surface area (Å²) >= 11 is 0. The number of aliphatic hydroxyl groups is 1. The number of hydrogen-bond acceptors (Lipinski definition) is 3. The van der Waals surface area contributed by atoms with Crippen molar-refractivity contribution in [2.45, 2.75) is 59.7 Å². The van der Waals surface area contributed by atoms with Gasteiger partial charge in [-0.3, -0.25) is 4.79 Å². The van der Waals surface area contributed by atoms with Crippen molar-refractivity contribution in [3.05, 3.63) is 35.9 Å². The van der Waals surface area contributed by atoms with Gasteiger partial charge in [0.15, 0.2) is 0 Å². The summed E-state index contributed by atoms with van der Waals surface area (Å²) in [4.78, 5) is 12.5. The summed E-state index contributed by atoms with van der Waals surface area (Å²) in [6, 6.07) is 9.74. The molecule has 0 saturated heterocycles. The lowest BCUT2D eigenvalue weighted by Crippen LogP contribution is -2.42. The van der Waals surface area contributed by atoms with Crippen molar-refractivity contribution in [3.63, 3.8) is 0 Å². The van der Waals surface area contributed by atoms with Gasteiger partial charge in [-0.1, -0.05) is 51.1 Å². The quantitative estimate of drug-likeness (QED) is 0.863. The second kappa shape index (κ2) is 6.61. The minimum Gasteiger partial charge on any atom is -0.460 e. The van der Waals surface area contributed by atoms with Crippen LogP contribution in [0, 0.1) is 11.3 Å². The Kier molecular flexibility index (Phi) is 5.57. The average Bonchev–Trinajstić information content (AvgIpc) is 2.33. The van der Waals surface area contributed by atoms with Crippen molar-refractivity contribution >= 4 is 5.97 Å². The fourth-order valence-electron chi connectivity index (χ4n) is 2.17. The van der Waals surface area contributed by atoms with Gasteiger partial charge in [0.25, 0.3) is 0 Å². The summed E-state index contributed by atoms with van der Waals surface area (Å²) < 4.78 is 5.49. The molecule has 0 aliphatic heterocycles. The SMILES string of the molecule is CC(C)(C)OC(=O)[C@@H](Cc1ccccc1)[C@H](O)C(C)(C)C. The second-order valence-corrected chi connectivity index (χ2v) is 7.64. The van der Waals surface area contributed by atoms with Gasteiger partial charge in [-0.25, -0.2) is 0 Å². The molecule has 1 aromatic carbocycles. The zero-order chi connectivity index (χ0) is 16.3. The molecular weight excluding hydrogens is 264 g/mol. The fourth-order valence-corrected chi connectivity index (χ4v) is 2.17. The van der Waals surface area contributed by atoms with E-state index in [1.54, 1.807) is 0 Å². The van der Waals surface area contributed by atoms with Crippen LogP contribution in [0.3, 0.4) is 0 Å². The molecule has 0 aliphatic rings. The number of ether oxygens (including phenoxy) is 1. The first-order chi connectivity index (χ1) is 9.50. The normalized spacial score (nSPS) is 15.4. The van der Waals surface area contributed by atoms with E-state index < -0.39 is 17.6 Å². The Labute approximate surface area is 128 Å². The predicted molar refractivity (Wildman–Crippen MR) is 84.9 cm³/mol. The van der Waals surface area contributed by atoms with Crippen LogP contribution in [0.15, 0.2) is 30.3 Å². The zero-order valence-corrected chi connectivity index (χ0v) is 14.0. The molecule has 21 heavy (non-hydrogen) atoms. The highest BCUT2D eigenvalue weighted by molar-refractivity contribution is 5.74. The number of benzene rings is 1. The molecule has 0 saturated carbocycles. The van der Waals surface area contributed by atoms with Gasteiger partial charge in [0.1, 0.15) is 5.60 Å². The highest BCUT2D eigenvalue weighted by atomic mass is 16.6. The standard InChI is InChI=1S/C18H28O3/c1-17(2,3)15(19)14(16(20)21-18(4,5)6)12-13-10-8-7-9-11-13/h7-11,14-15,19H,12H2,1-6H3/t14-,15-/m0/s1. The summed E-state index contributed by atoms with van der Waals surface area (Å²) in [7, 11) is 0. The van der Waals surface area contributed by atoms with Crippen LogP contribution in [0.5, 0.6) is 0 Å². The Hall–Kier alpha value is -1.35. The summed E-state index contributed by atoms with van der Waals surface area (Å²) in [6.07, 6.45) is -0.277. The van der Waals surface area contributed by atoms with Gasteiger partial charge in [-0.15, -0.1) is 0 Å². The van der Waals surface area contributed by atoms with Gasteiger partial charge in [-0.05, 0) is 38.2 Å². The van der Waals surface area contributed by atoms with Gasteiger partial charge in [0.05, 0.1) is 12.0 Å². The first-order valence-corrected chi connectivity index (χ1v) is 7.45. The molecule has 118 valence electrons. The third-order valence-electron chi connectivity index (χ3n) is 3.28. The van der Waals surface area contributed by atoms with Crippen LogP contribution >= 0.6 is 0 Å². The number of hydrogen-bond donors (Lipinski definition) is 1. The Morgan fingerprint density at radius 1 is 1.10 bits per heavy atom. The van der Waals surface area contributed by atoms with E-state index in [-0.39, 0.29) is 11.4 Å². The molecule has 0 fully saturated rings. The van der Waals surface area contributed by atoms with Crippen molar-refractivity contribution in [3.8, 4) is 0 Å². The first-order valence-electron chi connectivity index (χ1n) is 7.45. The lowest BCUT2D eigenvalue weighted by molar-refractivity contribution is -0.167. The lowest BCUT2D eigenvalue weighted by atomic mass is 9.78. The molecule has 0 heterocycles. The van der Waals surface area contributed by atoms with Crippen LogP contribution in [-0.4, -0.2) is 22.8 Å². The molecule has 0 bridgehead atoms. The van der Waals surface area contributed by atoms with Gasteiger partial charge in [0.2, 0.25) is 0 Å². The van der Waals surface area contributed by atoms with Crippen LogP contribution in [-0.2, 0) is 16.0 Å². The lowest BCUT2D eigenvalue weighted by Gasteiger charge is -2.33. The minimum atomic E-state index is -0.757. The fraction of sp³-hybridized carbons (Fsp3) is 0.611. The highest BCUT2D eigenvalue weighted by Crippen LogP contribution is 2.29. The molecule has 2 atom stereocenters. The minimum absolute atomic E-state index is 0.339. The highest BCUT2D eigenvalue weighted by Gasteiger charge is 2.37. The predicted octanol–water partition coefficient (Wildman–Crippen LogP) is 3.59. The average molecular weight is 292 g/mol. The van der Waals surface area contributed by atoms with Gasteiger partial charge < -0.3 is 9.84 Å². The van der Waals surface area contributed by atoms with Gasteiger partial charge in [0, 0.05) is 0 Å². The smallest absolute Gasteiger partial charge is 0.312 e. The molecule has 0 aliphatic carbocycles. The van der Waals surface area contributed by atoms with E-state index in [0.29, 0.717) is 6.42 Å². The molecule has 3 nitrogen and oxygen atoms in total. The maximum absolute atomic E-state index is 12.5. The van der Waals surface area contributed by atoms with E-state index >= 15 is 0 Å². The molecule has 0 amide bonds. The Bertz CT molecular complexity index is 452. The van der Waals surface area contributed by atoms with Crippen LogP contribution < -0.4 is 0 Å². The molecule has 0 radical (unpaired) electrons. The summed E-state index contributed by atoms with van der Waals surface area (Å²) in [5.74, 6) is -0.902. The number of rotatable bonds is 4. The third kappa shape index (κ3) is 5.88. The largest absolute Gasteiger partial charge is 0.460 e. The van der Waals surface area contributed by atoms with Crippen molar-refractivity contribution in [2.75, 3.05) is 0 Å². The van der Waals surface area contributed by atoms with E-state index in [0.717, 1.165) is 5.56 Å². The van der Waals surface area contributed by atoms with Crippen molar-refractivity contribution in [2.24, 2.45) is 11.3 Å². The van der Waals surface area contributed by atoms with Crippen molar-refractivity contribution in [1.82, 2.24) is 0 Å². The monoisotopic (exact) mass is 292 g/mol. The van der Waals surface area contributed by atoms with E-state index in [1.165, 1.54) is 0 Å².